The van der Waals surface area contributed by atoms with Crippen LogP contribution in [0.1, 0.15) is 52.9 Å². The highest BCUT2D eigenvalue weighted by molar-refractivity contribution is 5.07. The molecule has 0 aliphatic heterocycles. The van der Waals surface area contributed by atoms with E-state index in [9.17, 15) is 0 Å². The lowest BCUT2D eigenvalue weighted by Crippen LogP contribution is -2.37. The van der Waals surface area contributed by atoms with Gasteiger partial charge in [0.2, 0.25) is 0 Å². The molecular weight excluding hydrogens is 216 g/mol. The monoisotopic (exact) mass is 240 g/mol. The normalized spacial score (nSPS) is 13.1. The minimum Gasteiger partial charge on any atom is -0.306 e. The van der Waals surface area contributed by atoms with Crippen LogP contribution in [0.5, 0.6) is 0 Å². The predicted octanol–water partition coefficient (Wildman–Crippen LogP) is 1.85. The van der Waals surface area contributed by atoms with Gasteiger partial charge in [-0.3, -0.25) is 0 Å². The van der Waals surface area contributed by atoms with Crippen molar-refractivity contribution in [2.45, 2.75) is 65.7 Å². The van der Waals surface area contributed by atoms with Gasteiger partial charge in [0.05, 0.1) is 0 Å². The molecular formula is C12H24N4O. The SMILES string of the molecule is CC(C)(C)NCc1nonc1CNC(C)(C)C. The van der Waals surface area contributed by atoms with Crippen molar-refractivity contribution in [1.82, 2.24) is 20.9 Å². The summed E-state index contributed by atoms with van der Waals surface area (Å²) in [6.07, 6.45) is 0. The van der Waals surface area contributed by atoms with E-state index in [2.05, 4.69) is 62.5 Å². The van der Waals surface area contributed by atoms with Crippen molar-refractivity contribution in [1.29, 1.82) is 0 Å². The Balaban J connectivity index is 2.54. The molecule has 0 amide bonds. The van der Waals surface area contributed by atoms with Gasteiger partial charge in [0.1, 0.15) is 11.4 Å². The molecule has 1 aromatic heterocycles. The number of nitrogens with zero attached hydrogens (tertiary/aromatic N) is 2. The van der Waals surface area contributed by atoms with E-state index in [4.69, 9.17) is 4.63 Å². The number of rotatable bonds is 4. The first-order valence-electron chi connectivity index (χ1n) is 5.98. The first-order chi connectivity index (χ1) is 7.67. The smallest absolute Gasteiger partial charge is 0.123 e. The van der Waals surface area contributed by atoms with Gasteiger partial charge in [0.15, 0.2) is 0 Å². The molecule has 0 fully saturated rings. The maximum Gasteiger partial charge on any atom is 0.123 e. The third-order valence-electron chi connectivity index (χ3n) is 2.21. The number of nitrogens with one attached hydrogen (secondary N) is 2. The Kier molecular flexibility index (Phi) is 4.27. The summed E-state index contributed by atoms with van der Waals surface area (Å²) in [5.41, 5.74) is 1.87. The molecule has 0 radical (unpaired) electrons. The fourth-order valence-electron chi connectivity index (χ4n) is 1.19. The Labute approximate surface area is 103 Å². The summed E-state index contributed by atoms with van der Waals surface area (Å²) in [5, 5.41) is 14.6. The first kappa shape index (κ1) is 14.1. The summed E-state index contributed by atoms with van der Waals surface area (Å²) in [6, 6.07) is 0. The van der Waals surface area contributed by atoms with E-state index in [1.165, 1.54) is 0 Å². The summed E-state index contributed by atoms with van der Waals surface area (Å²) in [7, 11) is 0. The Bertz CT molecular complexity index is 314. The van der Waals surface area contributed by atoms with Crippen molar-refractivity contribution >= 4 is 0 Å². The molecule has 0 saturated heterocycles. The van der Waals surface area contributed by atoms with Crippen molar-refractivity contribution in [3.05, 3.63) is 11.4 Å². The second-order valence-corrected chi connectivity index (χ2v) is 6.36. The second-order valence-electron chi connectivity index (χ2n) is 6.36. The zero-order valence-electron chi connectivity index (χ0n) is 11.7. The standard InChI is InChI=1S/C12H24N4O/c1-11(2,3)13-7-9-10(16-17-15-9)8-14-12(4,5)6/h13-14H,7-8H2,1-6H3. The molecule has 0 saturated carbocycles. The van der Waals surface area contributed by atoms with Gasteiger partial charge in [-0.2, -0.15) is 0 Å². The molecule has 1 heterocycles. The first-order valence-corrected chi connectivity index (χ1v) is 5.98. The van der Waals surface area contributed by atoms with Gasteiger partial charge < -0.3 is 10.6 Å². The van der Waals surface area contributed by atoms with Crippen LogP contribution in [0.3, 0.4) is 0 Å². The maximum atomic E-state index is 4.80. The zero-order chi connectivity index (χ0) is 13.1. The molecule has 5 heteroatoms. The molecule has 0 aromatic carbocycles. The molecule has 0 aliphatic rings. The highest BCUT2D eigenvalue weighted by Gasteiger charge is 2.16. The van der Waals surface area contributed by atoms with Crippen LogP contribution in [0.15, 0.2) is 4.63 Å². The van der Waals surface area contributed by atoms with Gasteiger partial charge in [0.25, 0.3) is 0 Å². The lowest BCUT2D eigenvalue weighted by Gasteiger charge is -2.21. The van der Waals surface area contributed by atoms with E-state index in [-0.39, 0.29) is 11.1 Å². The zero-order valence-corrected chi connectivity index (χ0v) is 11.7. The van der Waals surface area contributed by atoms with Crippen LogP contribution in [0.25, 0.3) is 0 Å². The summed E-state index contributed by atoms with van der Waals surface area (Å²) >= 11 is 0. The van der Waals surface area contributed by atoms with E-state index >= 15 is 0 Å². The van der Waals surface area contributed by atoms with Gasteiger partial charge >= 0.3 is 0 Å². The molecule has 98 valence electrons. The Morgan fingerprint density at radius 2 is 1.18 bits per heavy atom. The van der Waals surface area contributed by atoms with E-state index in [1.54, 1.807) is 0 Å². The van der Waals surface area contributed by atoms with Crippen LogP contribution in [-0.2, 0) is 13.1 Å². The number of hydrogen-bond acceptors (Lipinski definition) is 5. The van der Waals surface area contributed by atoms with Gasteiger partial charge in [-0.1, -0.05) is 10.3 Å². The maximum absolute atomic E-state index is 4.80. The number of hydrogen-bond donors (Lipinski definition) is 2. The quantitative estimate of drug-likeness (QED) is 0.841. The molecule has 0 bridgehead atoms. The van der Waals surface area contributed by atoms with Gasteiger partial charge in [0, 0.05) is 24.2 Å². The third-order valence-corrected chi connectivity index (χ3v) is 2.21. The average Bonchev–Trinajstić information content (AvgIpc) is 2.56. The fraction of sp³-hybridized carbons (Fsp3) is 0.833. The molecule has 0 unspecified atom stereocenters. The lowest BCUT2D eigenvalue weighted by atomic mass is 10.1. The highest BCUT2D eigenvalue weighted by atomic mass is 16.6. The minimum atomic E-state index is 0.0632. The van der Waals surface area contributed by atoms with E-state index < -0.39 is 0 Å². The molecule has 1 rings (SSSR count). The van der Waals surface area contributed by atoms with Gasteiger partial charge in [-0.05, 0) is 41.5 Å². The summed E-state index contributed by atoms with van der Waals surface area (Å²) in [5.74, 6) is 0. The molecule has 0 spiro atoms. The van der Waals surface area contributed by atoms with Crippen LogP contribution in [0.4, 0.5) is 0 Å². The van der Waals surface area contributed by atoms with Crippen molar-refractivity contribution in [2.75, 3.05) is 0 Å². The molecule has 2 N–H and O–H groups in total. The Hall–Kier alpha value is -0.940. The Morgan fingerprint density at radius 3 is 1.47 bits per heavy atom. The minimum absolute atomic E-state index is 0.0632. The van der Waals surface area contributed by atoms with Crippen molar-refractivity contribution in [3.8, 4) is 0 Å². The topological polar surface area (TPSA) is 63.0 Å². The van der Waals surface area contributed by atoms with E-state index in [0.29, 0.717) is 13.1 Å². The van der Waals surface area contributed by atoms with Crippen molar-refractivity contribution in [2.24, 2.45) is 0 Å². The molecule has 0 atom stereocenters. The highest BCUT2D eigenvalue weighted by Crippen LogP contribution is 2.08. The third kappa shape index (κ3) is 5.79. The van der Waals surface area contributed by atoms with Crippen LogP contribution in [0, 0.1) is 0 Å². The summed E-state index contributed by atoms with van der Waals surface area (Å²) in [6.45, 7) is 14.1. The van der Waals surface area contributed by atoms with E-state index in [1.807, 2.05) is 0 Å². The Morgan fingerprint density at radius 1 is 0.824 bits per heavy atom. The van der Waals surface area contributed by atoms with Crippen LogP contribution in [0.2, 0.25) is 0 Å². The second kappa shape index (κ2) is 5.14. The van der Waals surface area contributed by atoms with Crippen LogP contribution >= 0.6 is 0 Å². The number of aromatic nitrogens is 2. The molecule has 0 aliphatic carbocycles. The largest absolute Gasteiger partial charge is 0.306 e. The van der Waals surface area contributed by atoms with Gasteiger partial charge in [-0.15, -0.1) is 0 Å². The molecule has 17 heavy (non-hydrogen) atoms. The van der Waals surface area contributed by atoms with Gasteiger partial charge in [-0.25, -0.2) is 4.63 Å². The lowest BCUT2D eigenvalue weighted by molar-refractivity contribution is 0.295. The predicted molar refractivity (Wildman–Crippen MR) is 67.5 cm³/mol. The van der Waals surface area contributed by atoms with Crippen LogP contribution in [-0.4, -0.2) is 21.4 Å². The van der Waals surface area contributed by atoms with E-state index in [0.717, 1.165) is 11.4 Å². The van der Waals surface area contributed by atoms with Crippen molar-refractivity contribution < 1.29 is 4.63 Å². The van der Waals surface area contributed by atoms with Crippen LogP contribution < -0.4 is 10.6 Å². The average molecular weight is 240 g/mol. The molecule has 1 aromatic rings. The molecule has 5 nitrogen and oxygen atoms in total. The summed E-state index contributed by atoms with van der Waals surface area (Å²) < 4.78 is 4.80. The summed E-state index contributed by atoms with van der Waals surface area (Å²) in [4.78, 5) is 0. The fourth-order valence-corrected chi connectivity index (χ4v) is 1.19. The van der Waals surface area contributed by atoms with Crippen molar-refractivity contribution in [3.63, 3.8) is 0 Å².